The SMILES string of the molecule is CCCC(C)(O)CNC1CC(c2ccc(OC)cc2)C1. The van der Waals surface area contributed by atoms with E-state index in [1.807, 2.05) is 19.1 Å². The molecule has 1 aliphatic carbocycles. The molecule has 1 aromatic rings. The van der Waals surface area contributed by atoms with E-state index in [2.05, 4.69) is 24.4 Å². The normalized spacial score (nSPS) is 24.8. The molecule has 0 aromatic heterocycles. The van der Waals surface area contributed by atoms with Gasteiger partial charge in [0.15, 0.2) is 0 Å². The molecule has 0 radical (unpaired) electrons. The van der Waals surface area contributed by atoms with Crippen LogP contribution in [-0.2, 0) is 0 Å². The molecule has 2 N–H and O–H groups in total. The minimum Gasteiger partial charge on any atom is -0.497 e. The zero-order valence-corrected chi connectivity index (χ0v) is 12.9. The van der Waals surface area contributed by atoms with Crippen molar-refractivity contribution in [3.8, 4) is 5.75 Å². The third-order valence-electron chi connectivity index (χ3n) is 4.29. The summed E-state index contributed by atoms with van der Waals surface area (Å²) >= 11 is 0. The largest absolute Gasteiger partial charge is 0.497 e. The van der Waals surface area contributed by atoms with E-state index < -0.39 is 5.60 Å². The van der Waals surface area contributed by atoms with Gasteiger partial charge in [0.1, 0.15) is 5.75 Å². The highest BCUT2D eigenvalue weighted by molar-refractivity contribution is 5.30. The zero-order chi connectivity index (χ0) is 14.6. The lowest BCUT2D eigenvalue weighted by atomic mass is 9.75. The van der Waals surface area contributed by atoms with Crippen LogP contribution in [0.4, 0.5) is 0 Å². The molecule has 112 valence electrons. The van der Waals surface area contributed by atoms with Gasteiger partial charge in [-0.05, 0) is 49.8 Å². The predicted molar refractivity (Wildman–Crippen MR) is 82.3 cm³/mol. The summed E-state index contributed by atoms with van der Waals surface area (Å²) in [5.74, 6) is 1.56. The topological polar surface area (TPSA) is 41.5 Å². The average Bonchev–Trinajstić information content (AvgIpc) is 2.37. The summed E-state index contributed by atoms with van der Waals surface area (Å²) in [4.78, 5) is 0. The van der Waals surface area contributed by atoms with Crippen LogP contribution in [0.25, 0.3) is 0 Å². The quantitative estimate of drug-likeness (QED) is 0.805. The highest BCUT2D eigenvalue weighted by atomic mass is 16.5. The zero-order valence-electron chi connectivity index (χ0n) is 12.9. The maximum absolute atomic E-state index is 10.1. The molecule has 0 heterocycles. The molecule has 0 aliphatic heterocycles. The molecule has 1 aromatic carbocycles. The van der Waals surface area contributed by atoms with Crippen molar-refractivity contribution in [2.75, 3.05) is 13.7 Å². The smallest absolute Gasteiger partial charge is 0.118 e. The first kappa shape index (κ1) is 15.3. The molecular weight excluding hydrogens is 250 g/mol. The summed E-state index contributed by atoms with van der Waals surface area (Å²) < 4.78 is 5.18. The van der Waals surface area contributed by atoms with Gasteiger partial charge in [0, 0.05) is 12.6 Å². The maximum atomic E-state index is 10.1. The second-order valence-corrected chi connectivity index (χ2v) is 6.27. The van der Waals surface area contributed by atoms with E-state index in [0.717, 1.165) is 31.4 Å². The van der Waals surface area contributed by atoms with Crippen LogP contribution in [0.5, 0.6) is 5.75 Å². The Kier molecular flexibility index (Phi) is 5.06. The predicted octanol–water partition coefficient (Wildman–Crippen LogP) is 3.08. The number of methoxy groups -OCH3 is 1. The number of aliphatic hydroxyl groups is 1. The molecule has 3 heteroatoms. The van der Waals surface area contributed by atoms with E-state index in [9.17, 15) is 5.11 Å². The average molecular weight is 277 g/mol. The fourth-order valence-electron chi connectivity index (χ4n) is 2.92. The summed E-state index contributed by atoms with van der Waals surface area (Å²) in [5.41, 5.74) is 0.823. The Morgan fingerprint density at radius 3 is 2.50 bits per heavy atom. The van der Waals surface area contributed by atoms with Gasteiger partial charge in [-0.1, -0.05) is 25.5 Å². The van der Waals surface area contributed by atoms with Gasteiger partial charge in [0.25, 0.3) is 0 Å². The summed E-state index contributed by atoms with van der Waals surface area (Å²) in [6, 6.07) is 8.93. The Bertz CT molecular complexity index is 408. The lowest BCUT2D eigenvalue weighted by Gasteiger charge is -2.38. The van der Waals surface area contributed by atoms with Crippen molar-refractivity contribution in [1.82, 2.24) is 5.32 Å². The van der Waals surface area contributed by atoms with E-state index in [4.69, 9.17) is 4.74 Å². The van der Waals surface area contributed by atoms with Crippen LogP contribution in [0, 0.1) is 0 Å². The fraction of sp³-hybridized carbons (Fsp3) is 0.647. The van der Waals surface area contributed by atoms with Crippen LogP contribution in [0.3, 0.4) is 0 Å². The number of nitrogens with one attached hydrogen (secondary N) is 1. The Morgan fingerprint density at radius 2 is 1.95 bits per heavy atom. The third-order valence-corrected chi connectivity index (χ3v) is 4.29. The molecular formula is C17H27NO2. The van der Waals surface area contributed by atoms with Crippen molar-refractivity contribution >= 4 is 0 Å². The van der Waals surface area contributed by atoms with E-state index in [-0.39, 0.29) is 0 Å². The van der Waals surface area contributed by atoms with Gasteiger partial charge < -0.3 is 15.2 Å². The Labute approximate surface area is 122 Å². The van der Waals surface area contributed by atoms with Crippen LogP contribution < -0.4 is 10.1 Å². The first-order chi connectivity index (χ1) is 9.54. The molecule has 2 rings (SSSR count). The van der Waals surface area contributed by atoms with E-state index in [1.54, 1.807) is 7.11 Å². The Balaban J connectivity index is 1.74. The van der Waals surface area contributed by atoms with Crippen molar-refractivity contribution in [2.24, 2.45) is 0 Å². The monoisotopic (exact) mass is 277 g/mol. The van der Waals surface area contributed by atoms with Crippen LogP contribution >= 0.6 is 0 Å². The lowest BCUT2D eigenvalue weighted by molar-refractivity contribution is 0.0428. The molecule has 0 saturated heterocycles. The first-order valence-electron chi connectivity index (χ1n) is 7.64. The number of hydrogen-bond acceptors (Lipinski definition) is 3. The van der Waals surface area contributed by atoms with Crippen molar-refractivity contribution in [2.45, 2.75) is 57.1 Å². The van der Waals surface area contributed by atoms with Gasteiger partial charge in [-0.3, -0.25) is 0 Å². The van der Waals surface area contributed by atoms with Crippen molar-refractivity contribution < 1.29 is 9.84 Å². The number of hydrogen-bond donors (Lipinski definition) is 2. The van der Waals surface area contributed by atoms with Crippen LogP contribution in [0.1, 0.15) is 51.0 Å². The molecule has 0 bridgehead atoms. The minimum absolute atomic E-state index is 0.547. The second kappa shape index (κ2) is 6.59. The van der Waals surface area contributed by atoms with E-state index in [0.29, 0.717) is 18.5 Å². The van der Waals surface area contributed by atoms with Gasteiger partial charge in [-0.25, -0.2) is 0 Å². The summed E-state index contributed by atoms with van der Waals surface area (Å²) in [5, 5.41) is 13.6. The van der Waals surface area contributed by atoms with E-state index in [1.165, 1.54) is 5.56 Å². The number of benzene rings is 1. The molecule has 3 nitrogen and oxygen atoms in total. The Hall–Kier alpha value is -1.06. The molecule has 0 spiro atoms. The van der Waals surface area contributed by atoms with Gasteiger partial charge in [-0.2, -0.15) is 0 Å². The maximum Gasteiger partial charge on any atom is 0.118 e. The van der Waals surface area contributed by atoms with Crippen LogP contribution in [0.2, 0.25) is 0 Å². The molecule has 1 fully saturated rings. The van der Waals surface area contributed by atoms with E-state index >= 15 is 0 Å². The summed E-state index contributed by atoms with van der Waals surface area (Å²) in [6.07, 6.45) is 4.20. The highest BCUT2D eigenvalue weighted by Crippen LogP contribution is 2.37. The molecule has 0 amide bonds. The standard InChI is InChI=1S/C17H27NO2/c1-4-9-17(2,19)12-18-15-10-14(11-15)13-5-7-16(20-3)8-6-13/h5-8,14-15,18-19H,4,9-12H2,1-3H3. The second-order valence-electron chi connectivity index (χ2n) is 6.27. The number of rotatable bonds is 7. The van der Waals surface area contributed by atoms with Gasteiger partial charge in [0.05, 0.1) is 12.7 Å². The Morgan fingerprint density at radius 1 is 1.30 bits per heavy atom. The number of ether oxygens (including phenoxy) is 1. The minimum atomic E-state index is -0.569. The first-order valence-corrected chi connectivity index (χ1v) is 7.64. The van der Waals surface area contributed by atoms with Crippen LogP contribution in [0.15, 0.2) is 24.3 Å². The molecule has 20 heavy (non-hydrogen) atoms. The van der Waals surface area contributed by atoms with Crippen molar-refractivity contribution in [3.63, 3.8) is 0 Å². The lowest BCUT2D eigenvalue weighted by Crippen LogP contribution is -2.47. The third kappa shape index (κ3) is 3.97. The van der Waals surface area contributed by atoms with Gasteiger partial charge in [0.2, 0.25) is 0 Å². The molecule has 1 atom stereocenters. The van der Waals surface area contributed by atoms with Crippen LogP contribution in [-0.4, -0.2) is 30.4 Å². The molecule has 1 saturated carbocycles. The summed E-state index contributed by atoms with van der Waals surface area (Å²) in [6.45, 7) is 4.72. The van der Waals surface area contributed by atoms with Crippen molar-refractivity contribution in [1.29, 1.82) is 0 Å². The molecule has 1 aliphatic rings. The highest BCUT2D eigenvalue weighted by Gasteiger charge is 2.31. The van der Waals surface area contributed by atoms with Crippen molar-refractivity contribution in [3.05, 3.63) is 29.8 Å². The fourth-order valence-corrected chi connectivity index (χ4v) is 2.92. The summed E-state index contributed by atoms with van der Waals surface area (Å²) in [7, 11) is 1.69. The van der Waals surface area contributed by atoms with Gasteiger partial charge >= 0.3 is 0 Å². The van der Waals surface area contributed by atoms with Gasteiger partial charge in [-0.15, -0.1) is 0 Å². The molecule has 1 unspecified atom stereocenters.